The maximum atomic E-state index is 12.0. The van der Waals surface area contributed by atoms with E-state index < -0.39 is 23.6 Å². The van der Waals surface area contributed by atoms with E-state index >= 15 is 0 Å². The van der Waals surface area contributed by atoms with Gasteiger partial charge in [0, 0.05) is 0 Å². The number of fused-ring (bicyclic) bond motifs is 1. The molecule has 0 saturated carbocycles. The smallest absolute Gasteiger partial charge is 0.306 e. The molecule has 2 aromatic carbocycles. The molecule has 1 N–H and O–H groups in total. The Morgan fingerprint density at radius 1 is 1.12 bits per heavy atom. The predicted molar refractivity (Wildman–Crippen MR) is 123 cm³/mol. The van der Waals surface area contributed by atoms with Gasteiger partial charge in [0.15, 0.2) is 23.0 Å². The molecule has 1 aliphatic heterocycles. The molecule has 1 heterocycles. The van der Waals surface area contributed by atoms with Crippen molar-refractivity contribution in [3.8, 4) is 29.1 Å². The van der Waals surface area contributed by atoms with Gasteiger partial charge in [-0.3, -0.25) is 4.79 Å². The van der Waals surface area contributed by atoms with Gasteiger partial charge in [-0.05, 0) is 55.0 Å². The van der Waals surface area contributed by atoms with E-state index in [2.05, 4.69) is 6.07 Å². The van der Waals surface area contributed by atoms with Gasteiger partial charge in [-0.25, -0.2) is 0 Å². The monoisotopic (exact) mass is 453 g/mol. The van der Waals surface area contributed by atoms with Crippen molar-refractivity contribution in [3.63, 3.8) is 0 Å². The topological polar surface area (TPSA) is 98.0 Å². The lowest BCUT2D eigenvalue weighted by molar-refractivity contribution is -0.142. The summed E-state index contributed by atoms with van der Waals surface area (Å²) in [5.74, 6) is 0.918. The zero-order valence-electron chi connectivity index (χ0n) is 19.5. The molecule has 3 rings (SSSR count). The molecule has 7 nitrogen and oxygen atoms in total. The van der Waals surface area contributed by atoms with Crippen LogP contribution in [0.3, 0.4) is 0 Å². The average Bonchev–Trinajstić information content (AvgIpc) is 3.25. The van der Waals surface area contributed by atoms with Crippen LogP contribution in [-0.4, -0.2) is 31.6 Å². The molecule has 0 aliphatic carbocycles. The highest BCUT2D eigenvalue weighted by Crippen LogP contribution is 2.45. The molecule has 2 unspecified atom stereocenters. The number of nitriles is 1. The number of methoxy groups -OCH3 is 2. The van der Waals surface area contributed by atoms with Crippen LogP contribution in [0.15, 0.2) is 42.5 Å². The van der Waals surface area contributed by atoms with E-state index in [9.17, 15) is 15.2 Å². The second-order valence-electron chi connectivity index (χ2n) is 8.64. The van der Waals surface area contributed by atoms with Crippen LogP contribution in [-0.2, 0) is 11.2 Å². The molecule has 7 heteroatoms. The zero-order chi connectivity index (χ0) is 24.0. The van der Waals surface area contributed by atoms with Crippen LogP contribution < -0.4 is 18.9 Å². The number of para-hydroxylation sites is 2. The number of carbonyl (C=O) groups is 1. The quantitative estimate of drug-likeness (QED) is 0.506. The van der Waals surface area contributed by atoms with E-state index in [0.717, 1.165) is 5.56 Å². The van der Waals surface area contributed by atoms with Gasteiger partial charge < -0.3 is 24.1 Å². The molecular weight excluding hydrogens is 422 g/mol. The van der Waals surface area contributed by atoms with Crippen LogP contribution in [0.4, 0.5) is 0 Å². The summed E-state index contributed by atoms with van der Waals surface area (Å²) in [5, 5.41) is 20.0. The summed E-state index contributed by atoms with van der Waals surface area (Å²) < 4.78 is 22.6. The first-order valence-corrected chi connectivity index (χ1v) is 11.1. The van der Waals surface area contributed by atoms with Crippen LogP contribution in [0.2, 0.25) is 0 Å². The van der Waals surface area contributed by atoms with Crippen molar-refractivity contribution in [1.29, 1.82) is 5.26 Å². The van der Waals surface area contributed by atoms with Gasteiger partial charge in [-0.2, -0.15) is 5.26 Å². The van der Waals surface area contributed by atoms with Crippen LogP contribution in [0.1, 0.15) is 38.7 Å². The van der Waals surface area contributed by atoms with Crippen LogP contribution in [0.5, 0.6) is 23.0 Å². The van der Waals surface area contributed by atoms with Crippen molar-refractivity contribution in [3.05, 3.63) is 48.0 Å². The van der Waals surface area contributed by atoms with Gasteiger partial charge in [0.1, 0.15) is 5.41 Å². The number of ether oxygens (including phenoxy) is 4. The van der Waals surface area contributed by atoms with Gasteiger partial charge in [0.2, 0.25) is 0 Å². The van der Waals surface area contributed by atoms with Gasteiger partial charge >= 0.3 is 5.97 Å². The molecule has 1 aliphatic rings. The van der Waals surface area contributed by atoms with E-state index in [4.69, 9.17) is 18.9 Å². The largest absolute Gasteiger partial charge is 0.493 e. The molecule has 2 atom stereocenters. The summed E-state index contributed by atoms with van der Waals surface area (Å²) in [6.07, 6.45) is 1.08. The van der Waals surface area contributed by atoms with Gasteiger partial charge in [-0.15, -0.1) is 0 Å². The van der Waals surface area contributed by atoms with Crippen molar-refractivity contribution in [2.45, 2.75) is 45.8 Å². The molecule has 0 aromatic heterocycles. The molecule has 2 aromatic rings. The number of nitrogens with zero attached hydrogens (tertiary/aromatic N) is 1. The fourth-order valence-corrected chi connectivity index (χ4v) is 4.27. The van der Waals surface area contributed by atoms with E-state index in [1.54, 1.807) is 26.4 Å². The third-order valence-electron chi connectivity index (χ3n) is 6.40. The number of benzene rings is 2. The van der Waals surface area contributed by atoms with Gasteiger partial charge in [0.05, 0.1) is 26.2 Å². The molecule has 0 radical (unpaired) electrons. The Balaban J connectivity index is 1.69. The first-order valence-electron chi connectivity index (χ1n) is 11.1. The Labute approximate surface area is 194 Å². The fourth-order valence-electron chi connectivity index (χ4n) is 4.27. The highest BCUT2D eigenvalue weighted by Gasteiger charge is 2.48. The summed E-state index contributed by atoms with van der Waals surface area (Å²) in [5.41, 5.74) is -0.0424. The lowest BCUT2D eigenvalue weighted by Gasteiger charge is -2.34. The van der Waals surface area contributed by atoms with Gasteiger partial charge in [-0.1, -0.05) is 38.5 Å². The van der Waals surface area contributed by atoms with Crippen molar-refractivity contribution < 1.29 is 28.8 Å². The highest BCUT2D eigenvalue weighted by atomic mass is 16.7. The minimum atomic E-state index is -0.897. The van der Waals surface area contributed by atoms with Crippen LogP contribution in [0.25, 0.3) is 0 Å². The minimum absolute atomic E-state index is 0.0454. The number of hydrogen-bond acceptors (Lipinski definition) is 6. The average molecular weight is 454 g/mol. The number of carboxylic acids is 1. The Morgan fingerprint density at radius 2 is 1.76 bits per heavy atom. The predicted octanol–water partition coefficient (Wildman–Crippen LogP) is 5.08. The van der Waals surface area contributed by atoms with E-state index in [-0.39, 0.29) is 5.92 Å². The SMILES string of the molecule is COc1ccc(CC(CCCC(C#N)(C(C)C)C2Oc3ccccc3O2)C(=O)O)cc1OC. The highest BCUT2D eigenvalue weighted by molar-refractivity contribution is 5.70. The summed E-state index contributed by atoms with van der Waals surface area (Å²) in [4.78, 5) is 12.0. The lowest BCUT2D eigenvalue weighted by atomic mass is 9.73. The number of rotatable bonds is 11. The molecule has 0 amide bonds. The normalized spacial score (nSPS) is 15.5. The zero-order valence-corrected chi connectivity index (χ0v) is 19.5. The van der Waals surface area contributed by atoms with E-state index in [0.29, 0.717) is 48.7 Å². The van der Waals surface area contributed by atoms with Crippen LogP contribution in [0, 0.1) is 28.6 Å². The Kier molecular flexibility index (Phi) is 7.70. The van der Waals surface area contributed by atoms with Crippen molar-refractivity contribution in [2.75, 3.05) is 14.2 Å². The third-order valence-corrected chi connectivity index (χ3v) is 6.40. The molecular formula is C26H31NO6. The second kappa shape index (κ2) is 10.5. The first kappa shape index (κ1) is 24.2. The van der Waals surface area contributed by atoms with Gasteiger partial charge in [0.25, 0.3) is 6.29 Å². The fraction of sp³-hybridized carbons (Fsp3) is 0.462. The van der Waals surface area contributed by atoms with Crippen LogP contribution >= 0.6 is 0 Å². The Hall–Kier alpha value is -3.40. The molecule has 176 valence electrons. The van der Waals surface area contributed by atoms with Crippen molar-refractivity contribution >= 4 is 5.97 Å². The summed E-state index contributed by atoms with van der Waals surface area (Å²) >= 11 is 0. The number of aliphatic carboxylic acids is 1. The molecule has 33 heavy (non-hydrogen) atoms. The maximum Gasteiger partial charge on any atom is 0.306 e. The standard InChI is InChI=1S/C26H31NO6/c1-17(2)26(16-27,25-32-21-9-5-6-10-22(21)33-25)13-7-8-19(24(28)29)14-18-11-12-20(30-3)23(15-18)31-4/h5-6,9-12,15,17,19,25H,7-8,13-14H2,1-4H3,(H,28,29). The summed E-state index contributed by atoms with van der Waals surface area (Å²) in [6, 6.07) is 15.2. The Morgan fingerprint density at radius 3 is 2.27 bits per heavy atom. The van der Waals surface area contributed by atoms with E-state index in [1.807, 2.05) is 44.2 Å². The summed E-state index contributed by atoms with van der Waals surface area (Å²) in [7, 11) is 3.11. The summed E-state index contributed by atoms with van der Waals surface area (Å²) in [6.45, 7) is 3.94. The number of hydrogen-bond donors (Lipinski definition) is 1. The minimum Gasteiger partial charge on any atom is -0.493 e. The van der Waals surface area contributed by atoms with E-state index in [1.165, 1.54) is 0 Å². The molecule has 0 fully saturated rings. The second-order valence-corrected chi connectivity index (χ2v) is 8.64. The Bertz CT molecular complexity index is 989. The van der Waals surface area contributed by atoms with Crippen molar-refractivity contribution in [2.24, 2.45) is 17.3 Å². The molecule has 0 bridgehead atoms. The maximum absolute atomic E-state index is 12.0. The van der Waals surface area contributed by atoms with Crippen molar-refractivity contribution in [1.82, 2.24) is 0 Å². The number of carboxylic acid groups (broad SMARTS) is 1. The molecule has 0 saturated heterocycles. The first-order chi connectivity index (χ1) is 15.8. The third kappa shape index (κ3) is 5.16. The molecule has 0 spiro atoms. The lowest BCUT2D eigenvalue weighted by Crippen LogP contribution is -2.44.